The third-order valence-corrected chi connectivity index (χ3v) is 3.87. The lowest BCUT2D eigenvalue weighted by Gasteiger charge is -2.08. The Morgan fingerprint density at radius 3 is 2.61 bits per heavy atom. The lowest BCUT2D eigenvalue weighted by atomic mass is 10.2. The third kappa shape index (κ3) is 2.19. The van der Waals surface area contributed by atoms with Gasteiger partial charge >= 0.3 is 0 Å². The van der Waals surface area contributed by atoms with Gasteiger partial charge in [0, 0.05) is 5.56 Å². The second kappa shape index (κ2) is 4.37. The molecular formula is C10H10FN3O3S. The molecule has 1 N–H and O–H groups in total. The van der Waals surface area contributed by atoms with Crippen molar-refractivity contribution in [1.29, 1.82) is 0 Å². The van der Waals surface area contributed by atoms with Crippen molar-refractivity contribution >= 4 is 15.8 Å². The highest BCUT2D eigenvalue weighted by molar-refractivity contribution is 7.92. The van der Waals surface area contributed by atoms with Gasteiger partial charge in [-0.3, -0.25) is 4.72 Å². The molecule has 0 aliphatic rings. The first-order valence-electron chi connectivity index (χ1n) is 4.99. The number of anilines is 1. The van der Waals surface area contributed by atoms with Crippen LogP contribution in [0.1, 0.15) is 11.3 Å². The molecule has 0 radical (unpaired) electrons. The van der Waals surface area contributed by atoms with Gasteiger partial charge in [0.05, 0.1) is 4.90 Å². The van der Waals surface area contributed by atoms with Crippen LogP contribution in [0.25, 0.3) is 0 Å². The Morgan fingerprint density at radius 2 is 2.00 bits per heavy atom. The zero-order chi connectivity index (χ0) is 13.3. The molecule has 96 valence electrons. The van der Waals surface area contributed by atoms with Crippen LogP contribution in [0.15, 0.2) is 27.7 Å². The van der Waals surface area contributed by atoms with Crippen LogP contribution in [-0.2, 0) is 10.0 Å². The number of hydrogen-bond donors (Lipinski definition) is 1. The lowest BCUT2D eigenvalue weighted by molar-refractivity contribution is 0.306. The van der Waals surface area contributed by atoms with Gasteiger partial charge in [-0.15, -0.1) is 0 Å². The van der Waals surface area contributed by atoms with E-state index in [9.17, 15) is 12.8 Å². The van der Waals surface area contributed by atoms with Crippen molar-refractivity contribution in [3.63, 3.8) is 0 Å². The fourth-order valence-electron chi connectivity index (χ4n) is 1.39. The van der Waals surface area contributed by atoms with E-state index in [0.29, 0.717) is 5.69 Å². The van der Waals surface area contributed by atoms with Crippen LogP contribution in [0.5, 0.6) is 0 Å². The quantitative estimate of drug-likeness (QED) is 0.917. The first-order chi connectivity index (χ1) is 8.42. The zero-order valence-corrected chi connectivity index (χ0v) is 10.5. The van der Waals surface area contributed by atoms with Gasteiger partial charge in [-0.05, 0) is 31.1 Å². The Kier molecular flexibility index (Phi) is 3.04. The fraction of sp³-hybridized carbons (Fsp3) is 0.200. The van der Waals surface area contributed by atoms with Crippen molar-refractivity contribution in [3.05, 3.63) is 35.3 Å². The molecule has 0 saturated carbocycles. The van der Waals surface area contributed by atoms with Crippen molar-refractivity contribution in [2.24, 2.45) is 0 Å². The summed E-state index contributed by atoms with van der Waals surface area (Å²) < 4.78 is 44.0. The summed E-state index contributed by atoms with van der Waals surface area (Å²) in [5, 5.41) is 6.86. The Bertz CT molecular complexity index is 681. The van der Waals surface area contributed by atoms with Crippen molar-refractivity contribution < 1.29 is 17.4 Å². The molecule has 8 heteroatoms. The summed E-state index contributed by atoms with van der Waals surface area (Å²) in [6, 6.07) is 3.83. The molecule has 0 saturated heterocycles. The fourth-order valence-corrected chi connectivity index (χ4v) is 2.69. The molecule has 18 heavy (non-hydrogen) atoms. The number of rotatable bonds is 3. The van der Waals surface area contributed by atoms with E-state index < -0.39 is 15.8 Å². The van der Waals surface area contributed by atoms with Gasteiger partial charge in [0.2, 0.25) is 5.82 Å². The maximum absolute atomic E-state index is 13.3. The minimum Gasteiger partial charge on any atom is -0.259 e. The number of nitrogens with zero attached hydrogens (tertiary/aromatic N) is 2. The number of halogens is 1. The van der Waals surface area contributed by atoms with E-state index in [1.807, 2.05) is 0 Å². The highest BCUT2D eigenvalue weighted by atomic mass is 32.2. The molecule has 1 aromatic carbocycles. The van der Waals surface area contributed by atoms with Crippen molar-refractivity contribution in [1.82, 2.24) is 10.3 Å². The number of nitrogens with one attached hydrogen (secondary N) is 1. The van der Waals surface area contributed by atoms with E-state index in [1.54, 1.807) is 0 Å². The second-order valence-corrected chi connectivity index (χ2v) is 5.32. The van der Waals surface area contributed by atoms with Gasteiger partial charge < -0.3 is 0 Å². The summed E-state index contributed by atoms with van der Waals surface area (Å²) in [5.41, 5.74) is 0.340. The van der Waals surface area contributed by atoms with E-state index in [0.717, 1.165) is 0 Å². The first kappa shape index (κ1) is 12.5. The molecule has 0 aliphatic carbocycles. The molecule has 6 nitrogen and oxygen atoms in total. The molecule has 0 amide bonds. The maximum Gasteiger partial charge on any atom is 0.263 e. The van der Waals surface area contributed by atoms with Gasteiger partial charge in [0.25, 0.3) is 10.0 Å². The Labute approximate surface area is 103 Å². The molecular weight excluding hydrogens is 261 g/mol. The summed E-state index contributed by atoms with van der Waals surface area (Å²) in [6.45, 7) is 2.92. The highest BCUT2D eigenvalue weighted by Crippen LogP contribution is 2.21. The highest BCUT2D eigenvalue weighted by Gasteiger charge is 2.21. The van der Waals surface area contributed by atoms with Gasteiger partial charge in [0.15, 0.2) is 0 Å². The maximum atomic E-state index is 13.3. The smallest absolute Gasteiger partial charge is 0.259 e. The number of aryl methyl sites for hydroxylation is 1. The van der Waals surface area contributed by atoms with E-state index >= 15 is 0 Å². The molecule has 0 atom stereocenters. The van der Waals surface area contributed by atoms with Crippen molar-refractivity contribution in [2.75, 3.05) is 4.72 Å². The van der Waals surface area contributed by atoms with Gasteiger partial charge in [-0.2, -0.15) is 0 Å². The molecule has 2 rings (SSSR count). The second-order valence-electron chi connectivity index (χ2n) is 3.67. The van der Waals surface area contributed by atoms with Gasteiger partial charge in [-0.25, -0.2) is 17.4 Å². The van der Waals surface area contributed by atoms with Gasteiger partial charge in [0.1, 0.15) is 11.5 Å². The molecule has 2 aromatic rings. The van der Waals surface area contributed by atoms with Crippen LogP contribution < -0.4 is 4.72 Å². The average molecular weight is 271 g/mol. The molecule has 0 spiro atoms. The Hall–Kier alpha value is -1.96. The minimum atomic E-state index is -3.91. The molecule has 0 unspecified atom stereocenters. The summed E-state index contributed by atoms with van der Waals surface area (Å²) in [4.78, 5) is -0.148. The van der Waals surface area contributed by atoms with E-state index in [4.69, 9.17) is 0 Å². The topological polar surface area (TPSA) is 85.1 Å². The Balaban J connectivity index is 2.43. The zero-order valence-electron chi connectivity index (χ0n) is 9.64. The predicted molar refractivity (Wildman–Crippen MR) is 61.0 cm³/mol. The summed E-state index contributed by atoms with van der Waals surface area (Å²) in [6.07, 6.45) is 0. The third-order valence-electron chi connectivity index (χ3n) is 2.39. The number of benzene rings is 1. The summed E-state index contributed by atoms with van der Waals surface area (Å²) in [7, 11) is -3.91. The predicted octanol–water partition coefficient (Wildman–Crippen LogP) is 1.63. The van der Waals surface area contributed by atoms with E-state index in [2.05, 4.69) is 19.7 Å². The normalized spacial score (nSPS) is 11.5. The summed E-state index contributed by atoms with van der Waals surface area (Å²) in [5.74, 6) is -0.605. The average Bonchev–Trinajstić information content (AvgIpc) is 2.67. The van der Waals surface area contributed by atoms with Crippen LogP contribution >= 0.6 is 0 Å². The number of aromatic nitrogens is 2. The molecule has 1 heterocycles. The lowest BCUT2D eigenvalue weighted by Crippen LogP contribution is -2.15. The van der Waals surface area contributed by atoms with Crippen LogP contribution in [0.4, 0.5) is 10.2 Å². The van der Waals surface area contributed by atoms with Crippen LogP contribution in [-0.4, -0.2) is 18.7 Å². The van der Waals surface area contributed by atoms with Crippen LogP contribution in [0.2, 0.25) is 0 Å². The van der Waals surface area contributed by atoms with Crippen LogP contribution in [0.3, 0.4) is 0 Å². The molecule has 0 fully saturated rings. The minimum absolute atomic E-state index is 0.0151. The monoisotopic (exact) mass is 271 g/mol. The van der Waals surface area contributed by atoms with Crippen molar-refractivity contribution in [2.45, 2.75) is 18.7 Å². The molecule has 1 aromatic heterocycles. The standard InChI is InChI=1S/C10H10FN3O3S/c1-6-8(11)4-3-5-9(6)18(15,16)14-10-7(2)12-17-13-10/h3-5H,1-2H3,(H,13,14). The SMILES string of the molecule is Cc1nonc1NS(=O)(=O)c1cccc(F)c1C. The molecule has 0 bridgehead atoms. The van der Waals surface area contributed by atoms with Gasteiger partial charge in [-0.1, -0.05) is 11.2 Å². The summed E-state index contributed by atoms with van der Waals surface area (Å²) >= 11 is 0. The largest absolute Gasteiger partial charge is 0.263 e. The number of hydrogen-bond acceptors (Lipinski definition) is 5. The van der Waals surface area contributed by atoms with E-state index in [-0.39, 0.29) is 16.3 Å². The Morgan fingerprint density at radius 1 is 1.28 bits per heavy atom. The van der Waals surface area contributed by atoms with E-state index in [1.165, 1.54) is 32.0 Å². The molecule has 0 aliphatic heterocycles. The number of sulfonamides is 1. The van der Waals surface area contributed by atoms with Crippen molar-refractivity contribution in [3.8, 4) is 0 Å². The van der Waals surface area contributed by atoms with Crippen LogP contribution in [0, 0.1) is 19.7 Å². The first-order valence-corrected chi connectivity index (χ1v) is 6.47.